The maximum Gasteiger partial charge on any atom is 0.400 e. The molecule has 0 aliphatic carbocycles. The molecule has 0 amide bonds. The number of hydrogen-bond acceptors (Lipinski definition) is 5. The van der Waals surface area contributed by atoms with Crippen LogP contribution in [0.5, 0.6) is 0 Å². The lowest BCUT2D eigenvalue weighted by atomic mass is 10.3. The second-order valence-corrected chi connectivity index (χ2v) is 4.87. The SMILES string of the molecule is C/C(=N/OC(=O)c1ccc(Br)o1)c1cccs1. The topological polar surface area (TPSA) is 51.8 Å². The van der Waals surface area contributed by atoms with E-state index in [0.29, 0.717) is 10.4 Å². The molecular weight excluding hydrogens is 306 g/mol. The molecule has 0 bridgehead atoms. The molecule has 2 rings (SSSR count). The van der Waals surface area contributed by atoms with E-state index in [0.717, 1.165) is 4.88 Å². The molecule has 0 saturated heterocycles. The molecule has 2 aromatic rings. The molecule has 17 heavy (non-hydrogen) atoms. The highest BCUT2D eigenvalue weighted by Gasteiger charge is 2.12. The molecule has 6 heteroatoms. The van der Waals surface area contributed by atoms with Gasteiger partial charge in [0.15, 0.2) is 4.67 Å². The fraction of sp³-hybridized carbons (Fsp3) is 0.0909. The highest BCUT2D eigenvalue weighted by molar-refractivity contribution is 9.10. The largest absolute Gasteiger partial charge is 0.442 e. The van der Waals surface area contributed by atoms with Crippen molar-refractivity contribution in [2.24, 2.45) is 5.16 Å². The van der Waals surface area contributed by atoms with Crippen molar-refractivity contribution < 1.29 is 14.0 Å². The summed E-state index contributed by atoms with van der Waals surface area (Å²) in [6.45, 7) is 1.77. The van der Waals surface area contributed by atoms with Crippen molar-refractivity contribution in [2.45, 2.75) is 6.92 Å². The monoisotopic (exact) mass is 313 g/mol. The van der Waals surface area contributed by atoms with E-state index >= 15 is 0 Å². The van der Waals surface area contributed by atoms with Crippen molar-refractivity contribution in [3.63, 3.8) is 0 Å². The number of hydrogen-bond donors (Lipinski definition) is 0. The zero-order valence-electron chi connectivity index (χ0n) is 8.84. The van der Waals surface area contributed by atoms with Crippen LogP contribution in [0.4, 0.5) is 0 Å². The van der Waals surface area contributed by atoms with Crippen LogP contribution in [0.3, 0.4) is 0 Å². The third-order valence-corrected chi connectivity index (χ3v) is 3.32. The van der Waals surface area contributed by atoms with Crippen LogP contribution >= 0.6 is 27.3 Å². The fourth-order valence-corrected chi connectivity index (χ4v) is 2.08. The molecule has 0 fully saturated rings. The van der Waals surface area contributed by atoms with Gasteiger partial charge in [0, 0.05) is 0 Å². The predicted octanol–water partition coefficient (Wildman–Crippen LogP) is 3.68. The molecule has 0 aromatic carbocycles. The third-order valence-electron chi connectivity index (χ3n) is 1.92. The minimum Gasteiger partial charge on any atom is -0.442 e. The van der Waals surface area contributed by atoms with Gasteiger partial charge < -0.3 is 9.25 Å². The molecule has 0 atom stereocenters. The Morgan fingerprint density at radius 3 is 2.88 bits per heavy atom. The Morgan fingerprint density at radius 2 is 2.29 bits per heavy atom. The van der Waals surface area contributed by atoms with Gasteiger partial charge in [-0.25, -0.2) is 4.79 Å². The number of carbonyl (C=O) groups is 1. The first-order valence-electron chi connectivity index (χ1n) is 4.72. The number of furan rings is 1. The van der Waals surface area contributed by atoms with Gasteiger partial charge in [-0.1, -0.05) is 11.2 Å². The summed E-state index contributed by atoms with van der Waals surface area (Å²) >= 11 is 4.63. The van der Waals surface area contributed by atoms with Gasteiger partial charge in [-0.3, -0.25) is 0 Å². The molecule has 4 nitrogen and oxygen atoms in total. The Balaban J connectivity index is 2.03. The quantitative estimate of drug-likeness (QED) is 0.493. The maximum atomic E-state index is 11.5. The molecule has 0 unspecified atom stereocenters. The van der Waals surface area contributed by atoms with Crippen molar-refractivity contribution in [1.29, 1.82) is 0 Å². The van der Waals surface area contributed by atoms with Gasteiger partial charge in [-0.15, -0.1) is 11.3 Å². The Kier molecular flexibility index (Phi) is 3.75. The van der Waals surface area contributed by atoms with Crippen LogP contribution in [0.1, 0.15) is 22.4 Å². The van der Waals surface area contributed by atoms with E-state index in [1.165, 1.54) is 17.4 Å². The lowest BCUT2D eigenvalue weighted by Crippen LogP contribution is -2.01. The lowest BCUT2D eigenvalue weighted by Gasteiger charge is -1.96. The van der Waals surface area contributed by atoms with E-state index in [1.54, 1.807) is 13.0 Å². The van der Waals surface area contributed by atoms with Crippen LogP contribution in [-0.2, 0) is 4.84 Å². The highest BCUT2D eigenvalue weighted by atomic mass is 79.9. The van der Waals surface area contributed by atoms with Gasteiger partial charge in [0.25, 0.3) is 0 Å². The normalized spacial score (nSPS) is 11.5. The molecule has 0 saturated carbocycles. The molecule has 0 radical (unpaired) electrons. The summed E-state index contributed by atoms with van der Waals surface area (Å²) in [7, 11) is 0. The van der Waals surface area contributed by atoms with Gasteiger partial charge in [0.1, 0.15) is 0 Å². The van der Waals surface area contributed by atoms with Gasteiger partial charge in [-0.05, 0) is 46.4 Å². The fourth-order valence-electron chi connectivity index (χ4n) is 1.11. The molecule has 2 heterocycles. The Morgan fingerprint density at radius 1 is 1.47 bits per heavy atom. The van der Waals surface area contributed by atoms with Crippen LogP contribution in [0.25, 0.3) is 0 Å². The van der Waals surface area contributed by atoms with Crippen LogP contribution in [0.15, 0.2) is 43.9 Å². The minimum absolute atomic E-state index is 0.111. The molecule has 2 aromatic heterocycles. The number of carbonyl (C=O) groups excluding carboxylic acids is 1. The second kappa shape index (κ2) is 5.29. The molecule has 0 aliphatic heterocycles. The average Bonchev–Trinajstić information content (AvgIpc) is 2.95. The summed E-state index contributed by atoms with van der Waals surface area (Å²) in [6, 6.07) is 6.94. The predicted molar refractivity (Wildman–Crippen MR) is 68.4 cm³/mol. The third kappa shape index (κ3) is 3.04. The Bertz CT molecular complexity index is 545. The number of nitrogens with zero attached hydrogens (tertiary/aromatic N) is 1. The lowest BCUT2D eigenvalue weighted by molar-refractivity contribution is 0.0478. The van der Waals surface area contributed by atoms with Crippen molar-refractivity contribution >= 4 is 38.9 Å². The van der Waals surface area contributed by atoms with Crippen molar-refractivity contribution in [3.05, 3.63) is 45.0 Å². The smallest absolute Gasteiger partial charge is 0.400 e. The van der Waals surface area contributed by atoms with E-state index in [4.69, 9.17) is 9.25 Å². The average molecular weight is 314 g/mol. The molecular formula is C11H8BrNO3S. The number of thiophene rings is 1. The maximum absolute atomic E-state index is 11.5. The van der Waals surface area contributed by atoms with Gasteiger partial charge in [0.05, 0.1) is 10.6 Å². The Hall–Kier alpha value is -1.40. The zero-order chi connectivity index (χ0) is 12.3. The van der Waals surface area contributed by atoms with E-state index in [9.17, 15) is 4.79 Å². The standard InChI is InChI=1S/C11H8BrNO3S/c1-7(9-3-2-6-17-9)13-16-11(14)8-4-5-10(12)15-8/h2-6H,1H3/b13-7-. The highest BCUT2D eigenvalue weighted by Crippen LogP contribution is 2.15. The molecule has 0 N–H and O–H groups in total. The first kappa shape index (κ1) is 12.1. The first-order valence-corrected chi connectivity index (χ1v) is 6.39. The summed E-state index contributed by atoms with van der Waals surface area (Å²) in [6.07, 6.45) is 0. The zero-order valence-corrected chi connectivity index (χ0v) is 11.2. The van der Waals surface area contributed by atoms with Crippen LogP contribution in [0.2, 0.25) is 0 Å². The molecule has 88 valence electrons. The molecule has 0 aliphatic rings. The van der Waals surface area contributed by atoms with E-state index in [-0.39, 0.29) is 5.76 Å². The van der Waals surface area contributed by atoms with Crippen molar-refractivity contribution in [3.8, 4) is 0 Å². The van der Waals surface area contributed by atoms with Crippen molar-refractivity contribution in [1.82, 2.24) is 0 Å². The van der Waals surface area contributed by atoms with E-state index < -0.39 is 5.97 Å². The number of halogens is 1. The van der Waals surface area contributed by atoms with Crippen LogP contribution in [-0.4, -0.2) is 11.7 Å². The minimum atomic E-state index is -0.619. The van der Waals surface area contributed by atoms with E-state index in [2.05, 4.69) is 21.1 Å². The van der Waals surface area contributed by atoms with Gasteiger partial charge in [-0.2, -0.15) is 0 Å². The number of rotatable bonds is 3. The summed E-state index contributed by atoms with van der Waals surface area (Å²) < 4.78 is 5.52. The van der Waals surface area contributed by atoms with Crippen LogP contribution < -0.4 is 0 Å². The summed E-state index contributed by atoms with van der Waals surface area (Å²) in [5, 5.41) is 5.68. The van der Waals surface area contributed by atoms with E-state index in [1.807, 2.05) is 17.5 Å². The van der Waals surface area contributed by atoms with Crippen LogP contribution in [0, 0.1) is 0 Å². The summed E-state index contributed by atoms with van der Waals surface area (Å²) in [4.78, 5) is 17.2. The summed E-state index contributed by atoms with van der Waals surface area (Å²) in [5.74, 6) is -0.508. The van der Waals surface area contributed by atoms with Crippen molar-refractivity contribution in [2.75, 3.05) is 0 Å². The second-order valence-electron chi connectivity index (χ2n) is 3.14. The first-order chi connectivity index (χ1) is 8.16. The summed E-state index contributed by atoms with van der Waals surface area (Å²) in [5.41, 5.74) is 0.652. The van der Waals surface area contributed by atoms with Gasteiger partial charge in [0.2, 0.25) is 5.76 Å². The Labute approximate surface area is 110 Å². The van der Waals surface area contributed by atoms with Gasteiger partial charge >= 0.3 is 5.97 Å². The molecule has 0 spiro atoms. The number of oxime groups is 1.